The van der Waals surface area contributed by atoms with Gasteiger partial charge < -0.3 is 4.98 Å². The molecule has 1 heterocycles. The highest BCUT2D eigenvalue weighted by Gasteiger charge is 2.34. The van der Waals surface area contributed by atoms with E-state index in [0.29, 0.717) is 24.0 Å². The van der Waals surface area contributed by atoms with Crippen molar-refractivity contribution in [2.45, 2.75) is 51.3 Å². The van der Waals surface area contributed by atoms with Crippen LogP contribution in [0, 0.1) is 12.3 Å². The molecule has 0 spiro atoms. The second kappa shape index (κ2) is 7.67. The Labute approximate surface area is 177 Å². The molecule has 30 heavy (non-hydrogen) atoms. The molecule has 0 fully saturated rings. The number of aryl methyl sites for hydroxylation is 2. The summed E-state index contributed by atoms with van der Waals surface area (Å²) in [6, 6.07) is 13.5. The van der Waals surface area contributed by atoms with Crippen molar-refractivity contribution in [3.63, 3.8) is 0 Å². The molecular formula is C24H28N2O3S. The Hall–Kier alpha value is -2.44. The van der Waals surface area contributed by atoms with Gasteiger partial charge in [-0.1, -0.05) is 44.2 Å². The number of aromatic nitrogens is 1. The predicted octanol–water partition coefficient (Wildman–Crippen LogP) is 4.54. The summed E-state index contributed by atoms with van der Waals surface area (Å²) in [5.41, 5.74) is 4.11. The lowest BCUT2D eigenvalue weighted by molar-refractivity contribution is 0.0913. The standard InChI is InChI=1S/C24H28N2O3S/c1-16-12-18-19(26-20-14-24(2,3)15-21(27)23(18)20)13-22(16)30(28,29)25-11-7-10-17-8-5-4-6-9-17/h4-6,8-9,12-13,25-26H,7,10-11,14-15H2,1-3H3. The van der Waals surface area contributed by atoms with E-state index in [-0.39, 0.29) is 16.1 Å². The number of H-pyrrole nitrogens is 1. The van der Waals surface area contributed by atoms with E-state index in [1.807, 2.05) is 36.4 Å². The lowest BCUT2D eigenvalue weighted by Gasteiger charge is -2.28. The van der Waals surface area contributed by atoms with E-state index >= 15 is 0 Å². The van der Waals surface area contributed by atoms with E-state index < -0.39 is 10.0 Å². The molecule has 0 unspecified atom stereocenters. The van der Waals surface area contributed by atoms with Gasteiger partial charge in [0.2, 0.25) is 10.0 Å². The number of hydrogen-bond donors (Lipinski definition) is 2. The van der Waals surface area contributed by atoms with Gasteiger partial charge in [0.25, 0.3) is 0 Å². The molecule has 3 aromatic rings. The van der Waals surface area contributed by atoms with Gasteiger partial charge in [-0.05, 0) is 54.9 Å². The third-order valence-electron chi connectivity index (χ3n) is 5.81. The molecule has 5 nitrogen and oxygen atoms in total. The Morgan fingerprint density at radius 3 is 2.57 bits per heavy atom. The maximum absolute atomic E-state index is 12.9. The molecule has 1 aliphatic rings. The van der Waals surface area contributed by atoms with Gasteiger partial charge in [0.15, 0.2) is 5.78 Å². The molecule has 0 bridgehead atoms. The number of rotatable bonds is 6. The van der Waals surface area contributed by atoms with Crippen LogP contribution < -0.4 is 4.72 Å². The van der Waals surface area contributed by atoms with Crippen molar-refractivity contribution in [3.8, 4) is 0 Å². The number of carbonyl (C=O) groups excluding carboxylic acids is 1. The smallest absolute Gasteiger partial charge is 0.240 e. The fourth-order valence-corrected chi connectivity index (χ4v) is 5.74. The van der Waals surface area contributed by atoms with Crippen molar-refractivity contribution in [1.29, 1.82) is 0 Å². The van der Waals surface area contributed by atoms with Gasteiger partial charge in [-0.15, -0.1) is 0 Å². The number of nitrogens with one attached hydrogen (secondary N) is 2. The largest absolute Gasteiger partial charge is 0.358 e. The van der Waals surface area contributed by atoms with Crippen LogP contribution in [-0.2, 0) is 22.9 Å². The molecule has 158 valence electrons. The molecule has 0 aliphatic heterocycles. The minimum Gasteiger partial charge on any atom is -0.358 e. The molecule has 0 radical (unpaired) electrons. The van der Waals surface area contributed by atoms with E-state index in [1.54, 1.807) is 13.0 Å². The Morgan fingerprint density at radius 1 is 1.10 bits per heavy atom. The summed E-state index contributed by atoms with van der Waals surface area (Å²) in [5, 5.41) is 0.825. The molecule has 4 rings (SSSR count). The van der Waals surface area contributed by atoms with Crippen molar-refractivity contribution < 1.29 is 13.2 Å². The van der Waals surface area contributed by atoms with Crippen LogP contribution in [0.3, 0.4) is 0 Å². The fraction of sp³-hybridized carbons (Fsp3) is 0.375. The predicted molar refractivity (Wildman–Crippen MR) is 119 cm³/mol. The number of hydrogen-bond acceptors (Lipinski definition) is 3. The molecular weight excluding hydrogens is 396 g/mol. The molecule has 0 atom stereocenters. The van der Waals surface area contributed by atoms with Crippen molar-refractivity contribution >= 4 is 26.7 Å². The van der Waals surface area contributed by atoms with E-state index in [9.17, 15) is 13.2 Å². The molecule has 6 heteroatoms. The number of carbonyl (C=O) groups is 1. The van der Waals surface area contributed by atoms with Crippen molar-refractivity contribution in [1.82, 2.24) is 9.71 Å². The van der Waals surface area contributed by atoms with Crippen molar-refractivity contribution in [3.05, 3.63) is 64.8 Å². The van der Waals surface area contributed by atoms with Gasteiger partial charge in [0.1, 0.15) is 0 Å². The van der Waals surface area contributed by atoms with Crippen LogP contribution >= 0.6 is 0 Å². The number of fused-ring (bicyclic) bond motifs is 3. The van der Waals surface area contributed by atoms with Crippen LogP contribution in [0.2, 0.25) is 0 Å². The normalized spacial score (nSPS) is 16.0. The summed E-state index contributed by atoms with van der Waals surface area (Å²) in [6.07, 6.45) is 2.84. The van der Waals surface area contributed by atoms with Crippen molar-refractivity contribution in [2.24, 2.45) is 5.41 Å². The lowest BCUT2D eigenvalue weighted by atomic mass is 9.76. The number of sulfonamides is 1. The molecule has 1 aromatic heterocycles. The number of Topliss-reactive ketones (excluding diaryl/α,β-unsaturated/α-hetero) is 1. The molecule has 1 aliphatic carbocycles. The van der Waals surface area contributed by atoms with Gasteiger partial charge in [-0.2, -0.15) is 0 Å². The highest BCUT2D eigenvalue weighted by atomic mass is 32.2. The average molecular weight is 425 g/mol. The summed E-state index contributed by atoms with van der Waals surface area (Å²) in [7, 11) is -3.63. The summed E-state index contributed by atoms with van der Waals surface area (Å²) >= 11 is 0. The van der Waals surface area contributed by atoms with Crippen molar-refractivity contribution in [2.75, 3.05) is 6.54 Å². The van der Waals surface area contributed by atoms with Gasteiger partial charge in [0.05, 0.1) is 4.90 Å². The average Bonchev–Trinajstić information content (AvgIpc) is 3.01. The third-order valence-corrected chi connectivity index (χ3v) is 7.41. The molecule has 0 saturated heterocycles. The number of ketones is 1. The molecule has 2 aromatic carbocycles. The topological polar surface area (TPSA) is 79.0 Å². The van der Waals surface area contributed by atoms with E-state index in [2.05, 4.69) is 23.6 Å². The van der Waals surface area contributed by atoms with Gasteiger partial charge in [-0.3, -0.25) is 4.79 Å². The lowest BCUT2D eigenvalue weighted by Crippen LogP contribution is -2.26. The van der Waals surface area contributed by atoms with Crippen LogP contribution in [0.25, 0.3) is 10.9 Å². The number of benzene rings is 2. The van der Waals surface area contributed by atoms with E-state index in [4.69, 9.17) is 0 Å². The second-order valence-corrected chi connectivity index (χ2v) is 10.8. The highest BCUT2D eigenvalue weighted by molar-refractivity contribution is 7.89. The first-order valence-electron chi connectivity index (χ1n) is 10.4. The molecule has 0 amide bonds. The Morgan fingerprint density at radius 2 is 1.83 bits per heavy atom. The number of aromatic amines is 1. The zero-order valence-electron chi connectivity index (χ0n) is 17.7. The summed E-state index contributed by atoms with van der Waals surface area (Å²) in [5.74, 6) is 0.126. The van der Waals surface area contributed by atoms with Crippen LogP contribution in [0.4, 0.5) is 0 Å². The Bertz CT molecular complexity index is 1210. The third kappa shape index (κ3) is 4.07. The highest BCUT2D eigenvalue weighted by Crippen LogP contribution is 2.38. The molecule has 0 saturated carbocycles. The van der Waals surface area contributed by atoms with Gasteiger partial charge >= 0.3 is 0 Å². The quantitative estimate of drug-likeness (QED) is 0.570. The first-order valence-corrected chi connectivity index (χ1v) is 11.9. The van der Waals surface area contributed by atoms with E-state index in [1.165, 1.54) is 5.56 Å². The zero-order valence-corrected chi connectivity index (χ0v) is 18.5. The fourth-order valence-electron chi connectivity index (χ4n) is 4.41. The summed E-state index contributed by atoms with van der Waals surface area (Å²) in [6.45, 7) is 6.33. The van der Waals surface area contributed by atoms with Crippen LogP contribution in [0.15, 0.2) is 47.4 Å². The summed E-state index contributed by atoms with van der Waals surface area (Å²) in [4.78, 5) is 16.3. The zero-order chi connectivity index (χ0) is 21.5. The Balaban J connectivity index is 1.56. The first-order chi connectivity index (χ1) is 14.2. The summed E-state index contributed by atoms with van der Waals surface area (Å²) < 4.78 is 28.6. The van der Waals surface area contributed by atoms with Gasteiger partial charge in [0, 0.05) is 35.1 Å². The Kier molecular flexibility index (Phi) is 5.32. The molecule has 2 N–H and O–H groups in total. The maximum atomic E-state index is 12.9. The second-order valence-electron chi connectivity index (χ2n) is 9.07. The SMILES string of the molecule is Cc1cc2c3c([nH]c2cc1S(=O)(=O)NCCCc1ccccc1)CC(C)(C)CC3=O. The first kappa shape index (κ1) is 20.8. The monoisotopic (exact) mass is 424 g/mol. The van der Waals surface area contributed by atoms with Crippen LogP contribution in [-0.4, -0.2) is 25.7 Å². The maximum Gasteiger partial charge on any atom is 0.240 e. The van der Waals surface area contributed by atoms with Crippen LogP contribution in [0.5, 0.6) is 0 Å². The van der Waals surface area contributed by atoms with Gasteiger partial charge in [-0.25, -0.2) is 13.1 Å². The van der Waals surface area contributed by atoms with Crippen LogP contribution in [0.1, 0.15) is 53.9 Å². The van der Waals surface area contributed by atoms with E-state index in [0.717, 1.165) is 35.9 Å². The minimum absolute atomic E-state index is 0.0881. The minimum atomic E-state index is -3.63.